The molecule has 2 heterocycles. The second kappa shape index (κ2) is 7.00. The normalized spacial score (nSPS) is 34.0. The van der Waals surface area contributed by atoms with Gasteiger partial charge in [-0.2, -0.15) is 0 Å². The van der Waals surface area contributed by atoms with Crippen molar-refractivity contribution in [2.75, 3.05) is 26.2 Å². The SMILES string of the molecule is CC1CCN(C[C@H](O)CN2C(=O)N[C@]3(CCCC[C@H]3C)C2=O)CC1. The van der Waals surface area contributed by atoms with Crippen molar-refractivity contribution in [3.63, 3.8) is 0 Å². The first kappa shape index (κ1) is 17.7. The van der Waals surface area contributed by atoms with Crippen molar-refractivity contribution in [1.82, 2.24) is 15.1 Å². The van der Waals surface area contributed by atoms with Crippen LogP contribution in [0.4, 0.5) is 4.79 Å². The van der Waals surface area contributed by atoms with Crippen LogP contribution in [0.2, 0.25) is 0 Å². The summed E-state index contributed by atoms with van der Waals surface area (Å²) in [5.74, 6) is 0.774. The standard InChI is InChI=1S/C18H31N3O3/c1-13-6-9-20(10-7-13)11-15(22)12-21-16(23)18(19-17(21)24)8-4-3-5-14(18)2/h13-15,22H,3-12H2,1-2H3,(H,19,24)/t14-,15+,18+/m1/s1. The number of urea groups is 1. The summed E-state index contributed by atoms with van der Waals surface area (Å²) in [6.07, 6.45) is 5.39. The van der Waals surface area contributed by atoms with Gasteiger partial charge in [0, 0.05) is 6.54 Å². The van der Waals surface area contributed by atoms with Crippen molar-refractivity contribution in [1.29, 1.82) is 0 Å². The zero-order valence-electron chi connectivity index (χ0n) is 15.0. The van der Waals surface area contributed by atoms with Crippen LogP contribution in [0.15, 0.2) is 0 Å². The second-order valence-electron chi connectivity index (χ2n) is 8.10. The van der Waals surface area contributed by atoms with E-state index in [0.29, 0.717) is 6.54 Å². The molecule has 0 aromatic rings. The van der Waals surface area contributed by atoms with Crippen LogP contribution in [0, 0.1) is 11.8 Å². The number of β-amino-alcohol motifs (C(OH)–C–C–N with tert-alkyl or cyclic N) is 1. The largest absolute Gasteiger partial charge is 0.390 e. The fourth-order valence-corrected chi connectivity index (χ4v) is 4.47. The Bertz CT molecular complexity index is 490. The molecule has 6 nitrogen and oxygen atoms in total. The van der Waals surface area contributed by atoms with Gasteiger partial charge in [-0.1, -0.05) is 26.7 Å². The van der Waals surface area contributed by atoms with E-state index in [4.69, 9.17) is 0 Å². The number of amides is 3. The predicted molar refractivity (Wildman–Crippen MR) is 91.5 cm³/mol. The number of carbonyl (C=O) groups is 2. The highest BCUT2D eigenvalue weighted by atomic mass is 16.3. The number of hydrogen-bond acceptors (Lipinski definition) is 4. The summed E-state index contributed by atoms with van der Waals surface area (Å²) in [7, 11) is 0. The number of carbonyl (C=O) groups excluding carboxylic acids is 2. The number of aliphatic hydroxyl groups is 1. The molecule has 2 aliphatic heterocycles. The number of nitrogens with zero attached hydrogens (tertiary/aromatic N) is 2. The van der Waals surface area contributed by atoms with Crippen LogP contribution in [0.1, 0.15) is 52.4 Å². The van der Waals surface area contributed by atoms with E-state index in [1.54, 1.807) is 0 Å². The average molecular weight is 337 g/mol. The van der Waals surface area contributed by atoms with Crippen LogP contribution in [0.25, 0.3) is 0 Å². The molecule has 6 heteroatoms. The van der Waals surface area contributed by atoms with Gasteiger partial charge < -0.3 is 15.3 Å². The van der Waals surface area contributed by atoms with Gasteiger partial charge >= 0.3 is 6.03 Å². The van der Waals surface area contributed by atoms with Crippen molar-refractivity contribution < 1.29 is 14.7 Å². The Balaban J connectivity index is 1.58. The quantitative estimate of drug-likeness (QED) is 0.764. The van der Waals surface area contributed by atoms with Crippen LogP contribution in [-0.4, -0.2) is 64.7 Å². The minimum Gasteiger partial charge on any atom is -0.390 e. The van der Waals surface area contributed by atoms with Gasteiger partial charge in [0.2, 0.25) is 0 Å². The Morgan fingerprint density at radius 1 is 1.17 bits per heavy atom. The summed E-state index contributed by atoms with van der Waals surface area (Å²) >= 11 is 0. The van der Waals surface area contributed by atoms with Gasteiger partial charge in [-0.3, -0.25) is 9.69 Å². The van der Waals surface area contributed by atoms with Crippen molar-refractivity contribution in [2.45, 2.75) is 64.0 Å². The summed E-state index contributed by atoms with van der Waals surface area (Å²) < 4.78 is 0. The van der Waals surface area contributed by atoms with E-state index in [9.17, 15) is 14.7 Å². The minimum atomic E-state index is -0.727. The van der Waals surface area contributed by atoms with E-state index in [2.05, 4.69) is 17.1 Å². The molecule has 2 saturated heterocycles. The highest BCUT2D eigenvalue weighted by Crippen LogP contribution is 2.38. The summed E-state index contributed by atoms with van der Waals surface area (Å²) in [6, 6.07) is -0.333. The van der Waals surface area contributed by atoms with Gasteiger partial charge in [0.05, 0.1) is 12.6 Å². The number of hydrogen-bond donors (Lipinski definition) is 2. The predicted octanol–water partition coefficient (Wildman–Crippen LogP) is 1.58. The Morgan fingerprint density at radius 3 is 2.54 bits per heavy atom. The lowest BCUT2D eigenvalue weighted by Crippen LogP contribution is -2.54. The molecule has 1 saturated carbocycles. The third-order valence-electron chi connectivity index (χ3n) is 6.24. The fourth-order valence-electron chi connectivity index (χ4n) is 4.47. The molecule has 3 fully saturated rings. The molecule has 0 unspecified atom stereocenters. The zero-order chi connectivity index (χ0) is 17.3. The van der Waals surface area contributed by atoms with E-state index in [1.165, 1.54) is 4.90 Å². The zero-order valence-corrected chi connectivity index (χ0v) is 15.0. The monoisotopic (exact) mass is 337 g/mol. The van der Waals surface area contributed by atoms with Crippen molar-refractivity contribution in [3.8, 4) is 0 Å². The second-order valence-corrected chi connectivity index (χ2v) is 8.10. The van der Waals surface area contributed by atoms with E-state index in [0.717, 1.165) is 57.5 Å². The molecule has 0 bridgehead atoms. The van der Waals surface area contributed by atoms with E-state index < -0.39 is 11.6 Å². The van der Waals surface area contributed by atoms with Crippen LogP contribution in [0.3, 0.4) is 0 Å². The molecule has 3 amide bonds. The lowest BCUT2D eigenvalue weighted by atomic mass is 9.73. The van der Waals surface area contributed by atoms with Crippen LogP contribution in [0.5, 0.6) is 0 Å². The Morgan fingerprint density at radius 2 is 1.88 bits per heavy atom. The minimum absolute atomic E-state index is 0.102. The number of imide groups is 1. The van der Waals surface area contributed by atoms with Gasteiger partial charge in [-0.25, -0.2) is 4.79 Å². The number of rotatable bonds is 4. The first-order chi connectivity index (χ1) is 11.4. The number of nitrogens with one attached hydrogen (secondary N) is 1. The Labute approximate surface area is 144 Å². The third kappa shape index (κ3) is 3.31. The first-order valence-electron chi connectivity index (χ1n) is 9.47. The van der Waals surface area contributed by atoms with Crippen molar-refractivity contribution in [2.24, 2.45) is 11.8 Å². The molecule has 0 aromatic carbocycles. The number of piperidine rings is 1. The van der Waals surface area contributed by atoms with E-state index in [-0.39, 0.29) is 24.4 Å². The summed E-state index contributed by atoms with van der Waals surface area (Å²) in [5.41, 5.74) is -0.727. The molecular weight excluding hydrogens is 306 g/mol. The highest BCUT2D eigenvalue weighted by molar-refractivity contribution is 6.07. The molecule has 3 atom stereocenters. The third-order valence-corrected chi connectivity index (χ3v) is 6.24. The Hall–Kier alpha value is -1.14. The smallest absolute Gasteiger partial charge is 0.325 e. The van der Waals surface area contributed by atoms with Crippen molar-refractivity contribution >= 4 is 11.9 Å². The number of aliphatic hydroxyl groups excluding tert-OH is 1. The molecular formula is C18H31N3O3. The van der Waals surface area contributed by atoms with Crippen LogP contribution >= 0.6 is 0 Å². The molecule has 0 aromatic heterocycles. The van der Waals surface area contributed by atoms with Crippen molar-refractivity contribution in [3.05, 3.63) is 0 Å². The van der Waals surface area contributed by atoms with E-state index in [1.807, 2.05) is 6.92 Å². The maximum absolute atomic E-state index is 12.9. The first-order valence-corrected chi connectivity index (χ1v) is 9.47. The van der Waals surface area contributed by atoms with Gasteiger partial charge in [-0.15, -0.1) is 0 Å². The Kier molecular flexibility index (Phi) is 5.16. The summed E-state index contributed by atoms with van der Waals surface area (Å²) in [5, 5.41) is 13.3. The summed E-state index contributed by atoms with van der Waals surface area (Å²) in [4.78, 5) is 28.7. The van der Waals surface area contributed by atoms with Gasteiger partial charge in [0.15, 0.2) is 0 Å². The summed E-state index contributed by atoms with van der Waals surface area (Å²) in [6.45, 7) is 6.91. The van der Waals surface area contributed by atoms with Gasteiger partial charge in [-0.05, 0) is 50.6 Å². The maximum Gasteiger partial charge on any atom is 0.325 e. The van der Waals surface area contributed by atoms with Crippen LogP contribution in [-0.2, 0) is 4.79 Å². The van der Waals surface area contributed by atoms with Crippen LogP contribution < -0.4 is 5.32 Å². The fraction of sp³-hybridized carbons (Fsp3) is 0.889. The molecule has 3 aliphatic rings. The molecule has 1 aliphatic carbocycles. The molecule has 0 radical (unpaired) electrons. The topological polar surface area (TPSA) is 72.9 Å². The highest BCUT2D eigenvalue weighted by Gasteiger charge is 2.55. The van der Waals surface area contributed by atoms with Gasteiger partial charge in [0.25, 0.3) is 5.91 Å². The molecule has 1 spiro atoms. The average Bonchev–Trinajstić information content (AvgIpc) is 2.78. The number of likely N-dealkylation sites (tertiary alicyclic amines) is 1. The van der Waals surface area contributed by atoms with E-state index >= 15 is 0 Å². The lowest BCUT2D eigenvalue weighted by molar-refractivity contribution is -0.135. The molecule has 2 N–H and O–H groups in total. The van der Waals surface area contributed by atoms with Gasteiger partial charge in [0.1, 0.15) is 5.54 Å². The maximum atomic E-state index is 12.9. The molecule has 3 rings (SSSR count). The molecule has 136 valence electrons. The molecule has 24 heavy (non-hydrogen) atoms. The lowest BCUT2D eigenvalue weighted by Gasteiger charge is -2.37.